The molecule has 1 fully saturated rings. The van der Waals surface area contributed by atoms with Crippen molar-refractivity contribution in [1.29, 1.82) is 0 Å². The van der Waals surface area contributed by atoms with Gasteiger partial charge in [-0.3, -0.25) is 9.59 Å². The molecule has 0 aliphatic heterocycles. The lowest BCUT2D eigenvalue weighted by Gasteiger charge is -2.20. The number of carbonyl (C=O) groups excluding carboxylic acids is 3. The summed E-state index contributed by atoms with van der Waals surface area (Å²) in [6.07, 6.45) is 0.957. The van der Waals surface area contributed by atoms with Gasteiger partial charge in [-0.25, -0.2) is 4.79 Å². The number of amides is 2. The molecule has 1 saturated carbocycles. The summed E-state index contributed by atoms with van der Waals surface area (Å²) in [6.45, 7) is 1.88. The van der Waals surface area contributed by atoms with Crippen LogP contribution in [0, 0.1) is 5.41 Å². The Hall–Kier alpha value is -3.15. The molecule has 1 atom stereocenters. The van der Waals surface area contributed by atoms with Gasteiger partial charge in [0.1, 0.15) is 5.41 Å². The first-order chi connectivity index (χ1) is 13.0. The van der Waals surface area contributed by atoms with Crippen molar-refractivity contribution in [3.05, 3.63) is 65.7 Å². The van der Waals surface area contributed by atoms with E-state index in [1.165, 1.54) is 7.11 Å². The fourth-order valence-electron chi connectivity index (χ4n) is 2.96. The maximum absolute atomic E-state index is 12.8. The van der Waals surface area contributed by atoms with Crippen molar-refractivity contribution in [1.82, 2.24) is 5.32 Å². The lowest BCUT2D eigenvalue weighted by atomic mass is 10.0. The zero-order valence-corrected chi connectivity index (χ0v) is 15.3. The molecular formula is C21H22N2O4. The third-order valence-corrected chi connectivity index (χ3v) is 4.85. The van der Waals surface area contributed by atoms with E-state index >= 15 is 0 Å². The molecule has 2 aromatic rings. The second-order valence-corrected chi connectivity index (χ2v) is 6.68. The molecule has 2 aromatic carbocycles. The summed E-state index contributed by atoms with van der Waals surface area (Å²) in [4.78, 5) is 37.4. The number of anilines is 1. The Labute approximate surface area is 157 Å². The van der Waals surface area contributed by atoms with Gasteiger partial charge < -0.3 is 15.4 Å². The molecule has 0 heterocycles. The fraction of sp³-hybridized carbons (Fsp3) is 0.286. The van der Waals surface area contributed by atoms with E-state index in [-0.39, 0.29) is 17.5 Å². The Morgan fingerprint density at radius 3 is 2.22 bits per heavy atom. The SMILES string of the molecule is COC(=O)c1ccccc1NC(=O)C1(C(=O)NC(C)c2ccccc2)CC1. The molecule has 0 spiro atoms. The van der Waals surface area contributed by atoms with Crippen LogP contribution < -0.4 is 10.6 Å². The number of carbonyl (C=O) groups is 3. The van der Waals surface area contributed by atoms with E-state index < -0.39 is 17.3 Å². The summed E-state index contributed by atoms with van der Waals surface area (Å²) in [5, 5.41) is 5.64. The summed E-state index contributed by atoms with van der Waals surface area (Å²) in [5.41, 5.74) is 0.469. The van der Waals surface area contributed by atoms with E-state index in [0.29, 0.717) is 18.5 Å². The van der Waals surface area contributed by atoms with Gasteiger partial charge in [0, 0.05) is 0 Å². The van der Waals surface area contributed by atoms with Crippen LogP contribution in [-0.2, 0) is 14.3 Å². The molecule has 27 heavy (non-hydrogen) atoms. The molecule has 6 nitrogen and oxygen atoms in total. The predicted molar refractivity (Wildman–Crippen MR) is 101 cm³/mol. The van der Waals surface area contributed by atoms with Crippen molar-refractivity contribution in [2.45, 2.75) is 25.8 Å². The first kappa shape index (κ1) is 18.6. The minimum Gasteiger partial charge on any atom is -0.465 e. The van der Waals surface area contributed by atoms with Crippen molar-refractivity contribution in [3.63, 3.8) is 0 Å². The number of hydrogen-bond donors (Lipinski definition) is 2. The van der Waals surface area contributed by atoms with Gasteiger partial charge in [-0.1, -0.05) is 42.5 Å². The molecule has 0 radical (unpaired) electrons. The number of hydrogen-bond acceptors (Lipinski definition) is 4. The Morgan fingerprint density at radius 1 is 0.963 bits per heavy atom. The van der Waals surface area contributed by atoms with Crippen LogP contribution in [-0.4, -0.2) is 24.9 Å². The van der Waals surface area contributed by atoms with E-state index in [0.717, 1.165) is 5.56 Å². The van der Waals surface area contributed by atoms with Crippen LogP contribution >= 0.6 is 0 Å². The summed E-state index contributed by atoms with van der Waals surface area (Å²) >= 11 is 0. The molecule has 1 aliphatic rings. The Bertz CT molecular complexity index is 859. The second kappa shape index (κ2) is 7.61. The Kier molecular flexibility index (Phi) is 5.26. The van der Waals surface area contributed by atoms with E-state index in [4.69, 9.17) is 4.74 Å². The minimum absolute atomic E-state index is 0.202. The van der Waals surface area contributed by atoms with E-state index in [1.54, 1.807) is 24.3 Å². The van der Waals surface area contributed by atoms with Crippen LogP contribution in [0.2, 0.25) is 0 Å². The van der Waals surface area contributed by atoms with E-state index in [1.807, 2.05) is 37.3 Å². The van der Waals surface area contributed by atoms with Crippen LogP contribution in [0.3, 0.4) is 0 Å². The average Bonchev–Trinajstić information content (AvgIpc) is 3.50. The Balaban J connectivity index is 1.72. The lowest BCUT2D eigenvalue weighted by Crippen LogP contribution is -2.41. The standard InChI is InChI=1S/C21H22N2O4/c1-14(15-8-4-3-5-9-15)22-19(25)21(12-13-21)20(26)23-17-11-7-6-10-16(17)18(24)27-2/h3-11,14H,12-13H2,1-2H3,(H,22,25)(H,23,26). The smallest absolute Gasteiger partial charge is 0.339 e. The summed E-state index contributed by atoms with van der Waals surface area (Å²) < 4.78 is 4.74. The van der Waals surface area contributed by atoms with Crippen molar-refractivity contribution in [2.24, 2.45) is 5.41 Å². The number of rotatable bonds is 6. The van der Waals surface area contributed by atoms with Gasteiger partial charge in [0.15, 0.2) is 0 Å². The van der Waals surface area contributed by atoms with Gasteiger partial charge in [0.2, 0.25) is 11.8 Å². The van der Waals surface area contributed by atoms with Crippen LogP contribution in [0.1, 0.15) is 41.7 Å². The average molecular weight is 366 g/mol. The quantitative estimate of drug-likeness (QED) is 0.608. The molecule has 0 saturated heterocycles. The van der Waals surface area contributed by atoms with Gasteiger partial charge in [-0.15, -0.1) is 0 Å². The summed E-state index contributed by atoms with van der Waals surface area (Å²) in [6, 6.07) is 15.9. The normalized spacial score (nSPS) is 15.3. The van der Waals surface area contributed by atoms with Gasteiger partial charge in [0.05, 0.1) is 24.4 Å². The maximum Gasteiger partial charge on any atom is 0.339 e. The molecule has 6 heteroatoms. The molecule has 0 aromatic heterocycles. The maximum atomic E-state index is 12.8. The molecule has 0 bridgehead atoms. The van der Waals surface area contributed by atoms with E-state index in [2.05, 4.69) is 10.6 Å². The molecule has 1 unspecified atom stereocenters. The van der Waals surface area contributed by atoms with Crippen LogP contribution in [0.5, 0.6) is 0 Å². The van der Waals surface area contributed by atoms with Crippen LogP contribution in [0.4, 0.5) is 5.69 Å². The van der Waals surface area contributed by atoms with Crippen molar-refractivity contribution >= 4 is 23.5 Å². The number of esters is 1. The fourth-order valence-corrected chi connectivity index (χ4v) is 2.96. The van der Waals surface area contributed by atoms with Gasteiger partial charge in [-0.05, 0) is 37.5 Å². The van der Waals surface area contributed by atoms with Crippen LogP contribution in [0.25, 0.3) is 0 Å². The Morgan fingerprint density at radius 2 is 1.59 bits per heavy atom. The highest BCUT2D eigenvalue weighted by molar-refractivity contribution is 6.14. The lowest BCUT2D eigenvalue weighted by molar-refractivity contribution is -0.134. The van der Waals surface area contributed by atoms with Gasteiger partial charge in [-0.2, -0.15) is 0 Å². The monoisotopic (exact) mass is 366 g/mol. The molecule has 140 valence electrons. The van der Waals surface area contributed by atoms with Gasteiger partial charge in [0.25, 0.3) is 0 Å². The highest BCUT2D eigenvalue weighted by atomic mass is 16.5. The minimum atomic E-state index is -1.09. The first-order valence-corrected chi connectivity index (χ1v) is 8.82. The molecular weight excluding hydrogens is 344 g/mol. The summed E-state index contributed by atoms with van der Waals surface area (Å²) in [5.74, 6) is -1.25. The second-order valence-electron chi connectivity index (χ2n) is 6.68. The number of benzene rings is 2. The number of methoxy groups -OCH3 is 1. The number of para-hydroxylation sites is 1. The third-order valence-electron chi connectivity index (χ3n) is 4.85. The molecule has 1 aliphatic carbocycles. The van der Waals surface area contributed by atoms with Crippen molar-refractivity contribution in [3.8, 4) is 0 Å². The molecule has 2 amide bonds. The third kappa shape index (κ3) is 3.84. The number of ether oxygens (including phenoxy) is 1. The topological polar surface area (TPSA) is 84.5 Å². The number of nitrogens with one attached hydrogen (secondary N) is 2. The van der Waals surface area contributed by atoms with Crippen LogP contribution in [0.15, 0.2) is 54.6 Å². The van der Waals surface area contributed by atoms with Crippen molar-refractivity contribution in [2.75, 3.05) is 12.4 Å². The van der Waals surface area contributed by atoms with E-state index in [9.17, 15) is 14.4 Å². The first-order valence-electron chi connectivity index (χ1n) is 8.82. The van der Waals surface area contributed by atoms with Gasteiger partial charge >= 0.3 is 5.97 Å². The predicted octanol–water partition coefficient (Wildman–Crippen LogP) is 3.07. The largest absolute Gasteiger partial charge is 0.465 e. The van der Waals surface area contributed by atoms with Crippen molar-refractivity contribution < 1.29 is 19.1 Å². The highest BCUT2D eigenvalue weighted by Crippen LogP contribution is 2.47. The zero-order valence-electron chi connectivity index (χ0n) is 15.3. The summed E-state index contributed by atoms with van der Waals surface area (Å²) in [7, 11) is 1.28. The zero-order chi connectivity index (χ0) is 19.4. The highest BCUT2D eigenvalue weighted by Gasteiger charge is 2.56. The molecule has 3 rings (SSSR count). The molecule has 2 N–H and O–H groups in total.